The standard InChI is InChI=1S/C26H25N3O4/c1-32-23-15-20-22(16-24(23)33-2)27-17-29(26(20)31)14-8-13-25(30)28-21-12-7-6-11-19(21)18-9-4-3-5-10-18/h3-7,9-12,15-17H,8,13-14H2,1-2H3,(H,28,30). The quantitative estimate of drug-likeness (QED) is 0.434. The Morgan fingerprint density at radius 1 is 0.970 bits per heavy atom. The predicted molar refractivity (Wildman–Crippen MR) is 129 cm³/mol. The minimum Gasteiger partial charge on any atom is -0.493 e. The lowest BCUT2D eigenvalue weighted by molar-refractivity contribution is -0.116. The second-order valence-electron chi connectivity index (χ2n) is 7.53. The number of para-hydroxylation sites is 1. The lowest BCUT2D eigenvalue weighted by Gasteiger charge is -2.12. The third-order valence-corrected chi connectivity index (χ3v) is 5.42. The van der Waals surface area contributed by atoms with Gasteiger partial charge in [-0.1, -0.05) is 48.5 Å². The van der Waals surface area contributed by atoms with Gasteiger partial charge in [0.25, 0.3) is 5.56 Å². The Bertz CT molecular complexity index is 1330. The van der Waals surface area contributed by atoms with Crippen molar-refractivity contribution in [2.24, 2.45) is 0 Å². The molecule has 0 aliphatic heterocycles. The number of benzene rings is 3. The maximum Gasteiger partial charge on any atom is 0.261 e. The summed E-state index contributed by atoms with van der Waals surface area (Å²) in [4.78, 5) is 29.8. The van der Waals surface area contributed by atoms with Crippen LogP contribution in [0.1, 0.15) is 12.8 Å². The van der Waals surface area contributed by atoms with Crippen LogP contribution < -0.4 is 20.3 Å². The molecule has 0 radical (unpaired) electrons. The molecule has 7 nitrogen and oxygen atoms in total. The minimum absolute atomic E-state index is 0.105. The number of ether oxygens (including phenoxy) is 2. The fourth-order valence-corrected chi connectivity index (χ4v) is 3.73. The van der Waals surface area contributed by atoms with Gasteiger partial charge in [0.15, 0.2) is 11.5 Å². The van der Waals surface area contributed by atoms with Crippen molar-refractivity contribution in [2.45, 2.75) is 19.4 Å². The molecule has 0 atom stereocenters. The summed E-state index contributed by atoms with van der Waals surface area (Å²) in [5, 5.41) is 3.44. The number of carbonyl (C=O) groups is 1. The summed E-state index contributed by atoms with van der Waals surface area (Å²) < 4.78 is 12.1. The van der Waals surface area contributed by atoms with E-state index in [-0.39, 0.29) is 17.9 Å². The Kier molecular flexibility index (Phi) is 6.69. The number of nitrogens with zero attached hydrogens (tertiary/aromatic N) is 2. The van der Waals surface area contributed by atoms with E-state index in [1.165, 1.54) is 25.1 Å². The first-order valence-electron chi connectivity index (χ1n) is 10.7. The van der Waals surface area contributed by atoms with Crippen molar-refractivity contribution in [3.63, 3.8) is 0 Å². The van der Waals surface area contributed by atoms with Crippen LogP contribution in [0.4, 0.5) is 5.69 Å². The Morgan fingerprint density at radius 2 is 1.67 bits per heavy atom. The van der Waals surface area contributed by atoms with Gasteiger partial charge in [0.2, 0.25) is 5.91 Å². The van der Waals surface area contributed by atoms with Crippen molar-refractivity contribution in [3.05, 3.63) is 83.4 Å². The topological polar surface area (TPSA) is 82.5 Å². The second kappa shape index (κ2) is 9.99. The average molecular weight is 444 g/mol. The van der Waals surface area contributed by atoms with E-state index in [1.807, 2.05) is 54.6 Å². The molecule has 168 valence electrons. The van der Waals surface area contributed by atoms with Crippen molar-refractivity contribution >= 4 is 22.5 Å². The summed E-state index contributed by atoms with van der Waals surface area (Å²) in [6.07, 6.45) is 2.28. The lowest BCUT2D eigenvalue weighted by atomic mass is 10.0. The van der Waals surface area contributed by atoms with Crippen molar-refractivity contribution < 1.29 is 14.3 Å². The molecule has 0 aliphatic rings. The number of anilines is 1. The highest BCUT2D eigenvalue weighted by Gasteiger charge is 2.12. The number of hydrogen-bond donors (Lipinski definition) is 1. The molecular weight excluding hydrogens is 418 g/mol. The largest absolute Gasteiger partial charge is 0.493 e. The molecule has 0 saturated heterocycles. The van der Waals surface area contributed by atoms with Gasteiger partial charge < -0.3 is 14.8 Å². The molecular formula is C26H25N3O4. The first-order valence-corrected chi connectivity index (χ1v) is 10.7. The number of amides is 1. The van der Waals surface area contributed by atoms with Gasteiger partial charge in [0, 0.05) is 30.3 Å². The van der Waals surface area contributed by atoms with E-state index >= 15 is 0 Å². The minimum atomic E-state index is -0.184. The summed E-state index contributed by atoms with van der Waals surface area (Å²) in [7, 11) is 3.06. The summed E-state index contributed by atoms with van der Waals surface area (Å²) in [5.41, 5.74) is 3.11. The number of carbonyl (C=O) groups excluding carboxylic acids is 1. The van der Waals surface area contributed by atoms with Crippen LogP contribution >= 0.6 is 0 Å². The van der Waals surface area contributed by atoms with Crippen LogP contribution in [0.2, 0.25) is 0 Å². The number of methoxy groups -OCH3 is 2. The molecule has 33 heavy (non-hydrogen) atoms. The first kappa shape index (κ1) is 22.1. The smallest absolute Gasteiger partial charge is 0.261 e. The molecule has 1 heterocycles. The van der Waals surface area contributed by atoms with Gasteiger partial charge in [-0.25, -0.2) is 4.98 Å². The average Bonchev–Trinajstić information content (AvgIpc) is 2.85. The molecule has 0 saturated carbocycles. The van der Waals surface area contributed by atoms with Gasteiger partial charge >= 0.3 is 0 Å². The number of rotatable bonds is 8. The molecule has 0 unspecified atom stereocenters. The third-order valence-electron chi connectivity index (χ3n) is 5.42. The zero-order valence-corrected chi connectivity index (χ0v) is 18.6. The van der Waals surface area contributed by atoms with Crippen LogP contribution in [0.25, 0.3) is 22.0 Å². The lowest BCUT2D eigenvalue weighted by Crippen LogP contribution is -2.22. The normalized spacial score (nSPS) is 10.7. The number of fused-ring (bicyclic) bond motifs is 1. The zero-order chi connectivity index (χ0) is 23.2. The number of hydrogen-bond acceptors (Lipinski definition) is 5. The first-order chi connectivity index (χ1) is 16.1. The Hall–Kier alpha value is -4.13. The third kappa shape index (κ3) is 4.87. The zero-order valence-electron chi connectivity index (χ0n) is 18.6. The van der Waals surface area contributed by atoms with Crippen molar-refractivity contribution in [1.82, 2.24) is 9.55 Å². The van der Waals surface area contributed by atoms with Crippen LogP contribution in [0.5, 0.6) is 11.5 Å². The highest BCUT2D eigenvalue weighted by atomic mass is 16.5. The fourth-order valence-electron chi connectivity index (χ4n) is 3.73. The van der Waals surface area contributed by atoms with Crippen molar-refractivity contribution in [1.29, 1.82) is 0 Å². The second-order valence-corrected chi connectivity index (χ2v) is 7.53. The number of nitrogens with one attached hydrogen (secondary N) is 1. The molecule has 1 amide bonds. The summed E-state index contributed by atoms with van der Waals surface area (Å²) in [6.45, 7) is 0.379. The van der Waals surface area contributed by atoms with Gasteiger partial charge in [-0.15, -0.1) is 0 Å². The number of aryl methyl sites for hydroxylation is 1. The summed E-state index contributed by atoms with van der Waals surface area (Å²) >= 11 is 0. The molecule has 4 rings (SSSR count). The van der Waals surface area contributed by atoms with Crippen LogP contribution in [-0.2, 0) is 11.3 Å². The van der Waals surface area contributed by atoms with Gasteiger partial charge in [0.05, 0.1) is 31.4 Å². The van der Waals surface area contributed by atoms with Crippen molar-refractivity contribution in [2.75, 3.05) is 19.5 Å². The van der Waals surface area contributed by atoms with E-state index in [4.69, 9.17) is 9.47 Å². The monoisotopic (exact) mass is 443 g/mol. The molecule has 0 spiro atoms. The van der Waals surface area contributed by atoms with E-state index in [0.29, 0.717) is 35.4 Å². The van der Waals surface area contributed by atoms with Crippen LogP contribution in [0, 0.1) is 0 Å². The Labute approximate surface area is 191 Å². The van der Waals surface area contributed by atoms with E-state index in [1.54, 1.807) is 12.1 Å². The van der Waals surface area contributed by atoms with Gasteiger partial charge in [-0.05, 0) is 24.1 Å². The molecule has 1 N–H and O–H groups in total. The van der Waals surface area contributed by atoms with Gasteiger partial charge in [-0.2, -0.15) is 0 Å². The Balaban J connectivity index is 1.43. The van der Waals surface area contributed by atoms with Gasteiger partial charge in [0.1, 0.15) is 0 Å². The van der Waals surface area contributed by atoms with E-state index in [2.05, 4.69) is 10.3 Å². The van der Waals surface area contributed by atoms with E-state index in [9.17, 15) is 9.59 Å². The van der Waals surface area contributed by atoms with E-state index < -0.39 is 0 Å². The van der Waals surface area contributed by atoms with Crippen LogP contribution in [0.15, 0.2) is 77.9 Å². The van der Waals surface area contributed by atoms with Gasteiger partial charge in [-0.3, -0.25) is 14.2 Å². The highest BCUT2D eigenvalue weighted by molar-refractivity contribution is 5.95. The SMILES string of the molecule is COc1cc2ncn(CCCC(=O)Nc3ccccc3-c3ccccc3)c(=O)c2cc1OC. The molecule has 0 bridgehead atoms. The Morgan fingerprint density at radius 3 is 2.42 bits per heavy atom. The van der Waals surface area contributed by atoms with Crippen LogP contribution in [-0.4, -0.2) is 29.7 Å². The summed E-state index contributed by atoms with van der Waals surface area (Å²) in [5.74, 6) is 0.881. The summed E-state index contributed by atoms with van der Waals surface area (Å²) in [6, 6.07) is 20.9. The number of aromatic nitrogens is 2. The van der Waals surface area contributed by atoms with Crippen molar-refractivity contribution in [3.8, 4) is 22.6 Å². The van der Waals surface area contributed by atoms with E-state index in [0.717, 1.165) is 16.8 Å². The molecule has 3 aromatic carbocycles. The molecule has 4 aromatic rings. The molecule has 1 aromatic heterocycles. The predicted octanol–water partition coefficient (Wildman–Crippen LogP) is 4.50. The maximum absolute atomic E-state index is 12.9. The fraction of sp³-hybridized carbons (Fsp3) is 0.192. The van der Waals surface area contributed by atoms with Crippen LogP contribution in [0.3, 0.4) is 0 Å². The molecule has 7 heteroatoms. The molecule has 0 fully saturated rings. The molecule has 0 aliphatic carbocycles. The highest BCUT2D eigenvalue weighted by Crippen LogP contribution is 2.30. The maximum atomic E-state index is 12.9.